The molecule has 78 valence electrons. The number of epoxide rings is 1. The summed E-state index contributed by atoms with van der Waals surface area (Å²) in [5.74, 6) is 0.0136. The Morgan fingerprint density at radius 3 is 2.54 bits per heavy atom. The van der Waals surface area contributed by atoms with Crippen molar-refractivity contribution in [1.82, 2.24) is 0 Å². The Balaban J connectivity index is 2.30. The lowest BCUT2D eigenvalue weighted by Crippen LogP contribution is -2.22. The molecule has 1 aliphatic heterocycles. The lowest BCUT2D eigenvalue weighted by atomic mass is 10.1. The summed E-state index contributed by atoms with van der Waals surface area (Å²) >= 11 is 0. The molecule has 13 heavy (non-hydrogen) atoms. The quantitative estimate of drug-likeness (QED) is 0.442. The summed E-state index contributed by atoms with van der Waals surface area (Å²) in [7, 11) is -1.79. The molecule has 2 atom stereocenters. The van der Waals surface area contributed by atoms with Crippen LogP contribution in [0.3, 0.4) is 0 Å². The first-order chi connectivity index (χ1) is 6.03. The molecule has 0 radical (unpaired) electrons. The predicted molar refractivity (Wildman–Crippen MR) is 45.9 cm³/mol. The smallest absolute Gasteiger partial charge is 0.264 e. The van der Waals surface area contributed by atoms with Gasteiger partial charge in [0.05, 0.1) is 32.2 Å². The fourth-order valence-corrected chi connectivity index (χ4v) is 1.44. The first-order valence-corrected chi connectivity index (χ1v) is 5.79. The van der Waals surface area contributed by atoms with Crippen molar-refractivity contribution in [3.63, 3.8) is 0 Å². The molecule has 0 aromatic rings. The van der Waals surface area contributed by atoms with E-state index in [0.717, 1.165) is 6.26 Å². The highest BCUT2D eigenvalue weighted by Crippen LogP contribution is 2.21. The van der Waals surface area contributed by atoms with Gasteiger partial charge in [-0.2, -0.15) is 8.42 Å². The van der Waals surface area contributed by atoms with Crippen molar-refractivity contribution in [2.75, 3.05) is 33.2 Å². The van der Waals surface area contributed by atoms with Gasteiger partial charge in [-0.15, -0.1) is 0 Å². The predicted octanol–water partition coefficient (Wildman–Crippen LogP) is -0.376. The lowest BCUT2D eigenvalue weighted by Gasteiger charge is -2.11. The van der Waals surface area contributed by atoms with Crippen molar-refractivity contribution >= 4 is 10.1 Å². The molecule has 0 aliphatic carbocycles. The Morgan fingerprint density at radius 1 is 1.54 bits per heavy atom. The Kier molecular flexibility index (Phi) is 3.66. The second-order valence-corrected chi connectivity index (χ2v) is 4.72. The van der Waals surface area contributed by atoms with Gasteiger partial charge in [-0.1, -0.05) is 0 Å². The summed E-state index contributed by atoms with van der Waals surface area (Å²) in [5.41, 5.74) is 0. The van der Waals surface area contributed by atoms with E-state index in [-0.39, 0.29) is 18.6 Å². The lowest BCUT2D eigenvalue weighted by molar-refractivity contribution is 0.102. The zero-order valence-corrected chi connectivity index (χ0v) is 8.54. The van der Waals surface area contributed by atoms with Crippen molar-refractivity contribution in [1.29, 1.82) is 0 Å². The maximum Gasteiger partial charge on any atom is 0.264 e. The highest BCUT2D eigenvalue weighted by Gasteiger charge is 2.33. The third-order valence-corrected chi connectivity index (χ3v) is 2.33. The highest BCUT2D eigenvalue weighted by molar-refractivity contribution is 7.85. The number of ether oxygens (including phenoxy) is 2. The summed E-state index contributed by atoms with van der Waals surface area (Å²) in [6.07, 6.45) is 1.13. The van der Waals surface area contributed by atoms with Gasteiger partial charge in [-0.05, 0) is 0 Å². The van der Waals surface area contributed by atoms with E-state index in [1.54, 1.807) is 7.11 Å². The molecule has 1 heterocycles. The molecule has 1 unspecified atom stereocenters. The summed E-state index contributed by atoms with van der Waals surface area (Å²) < 4.78 is 36.0. The van der Waals surface area contributed by atoms with Gasteiger partial charge >= 0.3 is 0 Å². The molecule has 5 nitrogen and oxygen atoms in total. The van der Waals surface area contributed by atoms with Crippen LogP contribution in [-0.2, 0) is 23.8 Å². The van der Waals surface area contributed by atoms with Gasteiger partial charge in [0.15, 0.2) is 0 Å². The molecule has 6 heteroatoms. The van der Waals surface area contributed by atoms with E-state index in [2.05, 4.69) is 4.18 Å². The minimum atomic E-state index is -3.35. The van der Waals surface area contributed by atoms with Crippen molar-refractivity contribution in [2.24, 2.45) is 5.92 Å². The maximum absolute atomic E-state index is 10.7. The molecule has 0 bridgehead atoms. The van der Waals surface area contributed by atoms with Crippen LogP contribution < -0.4 is 0 Å². The van der Waals surface area contributed by atoms with E-state index in [0.29, 0.717) is 13.2 Å². The fraction of sp³-hybridized carbons (Fsp3) is 1.00. The van der Waals surface area contributed by atoms with Crippen LogP contribution in [0.4, 0.5) is 0 Å². The molecule has 0 aromatic carbocycles. The minimum Gasteiger partial charge on any atom is -0.384 e. The first-order valence-electron chi connectivity index (χ1n) is 3.98. The molecule has 0 saturated carbocycles. The SMILES string of the molecule is COCC(COS(C)(=O)=O)[C@@H]1CO1. The number of rotatable bonds is 6. The van der Waals surface area contributed by atoms with Crippen LogP contribution in [0.1, 0.15) is 0 Å². The standard InChI is InChI=1S/C7H14O5S/c1-10-3-6(7-5-11-7)4-12-13(2,8)9/h6-7H,3-5H2,1-2H3/t6?,7-/m0/s1. The fourth-order valence-electron chi connectivity index (χ4n) is 1.02. The third kappa shape index (κ3) is 4.56. The molecular weight excluding hydrogens is 196 g/mol. The number of hydrogen-bond donors (Lipinski definition) is 0. The Morgan fingerprint density at radius 2 is 2.15 bits per heavy atom. The second kappa shape index (κ2) is 4.36. The van der Waals surface area contributed by atoms with Gasteiger partial charge in [0.25, 0.3) is 10.1 Å². The zero-order valence-electron chi connectivity index (χ0n) is 7.73. The Bertz CT molecular complexity index is 244. The second-order valence-electron chi connectivity index (χ2n) is 3.08. The van der Waals surface area contributed by atoms with Gasteiger partial charge in [0.1, 0.15) is 0 Å². The van der Waals surface area contributed by atoms with Gasteiger partial charge in [0, 0.05) is 13.0 Å². The Labute approximate surface area is 78.1 Å². The van der Waals surface area contributed by atoms with Crippen LogP contribution in [0, 0.1) is 5.92 Å². The highest BCUT2D eigenvalue weighted by atomic mass is 32.2. The first kappa shape index (κ1) is 10.9. The van der Waals surface area contributed by atoms with Gasteiger partial charge in [-0.3, -0.25) is 4.18 Å². The Hall–Kier alpha value is -0.170. The molecule has 0 spiro atoms. The summed E-state index contributed by atoms with van der Waals surface area (Å²) in [6.45, 7) is 1.26. The van der Waals surface area contributed by atoms with Crippen molar-refractivity contribution in [3.05, 3.63) is 0 Å². The molecule has 1 aliphatic rings. The normalized spacial score (nSPS) is 24.3. The van der Waals surface area contributed by atoms with Gasteiger partial charge in [-0.25, -0.2) is 0 Å². The molecule has 1 fully saturated rings. The molecule has 0 aromatic heterocycles. The molecule has 1 rings (SSSR count). The average Bonchev–Trinajstić information content (AvgIpc) is 2.78. The molecule has 0 amide bonds. The maximum atomic E-state index is 10.7. The van der Waals surface area contributed by atoms with Gasteiger partial charge in [0.2, 0.25) is 0 Å². The molecular formula is C7H14O5S. The summed E-state index contributed by atoms with van der Waals surface area (Å²) in [4.78, 5) is 0. The van der Waals surface area contributed by atoms with Crippen molar-refractivity contribution < 1.29 is 22.1 Å². The van der Waals surface area contributed by atoms with Crippen LogP contribution in [0.15, 0.2) is 0 Å². The van der Waals surface area contributed by atoms with Crippen LogP contribution in [0.25, 0.3) is 0 Å². The summed E-state index contributed by atoms with van der Waals surface area (Å²) in [6, 6.07) is 0. The van der Waals surface area contributed by atoms with Crippen LogP contribution >= 0.6 is 0 Å². The average molecular weight is 210 g/mol. The molecule has 0 N–H and O–H groups in total. The van der Waals surface area contributed by atoms with Gasteiger partial charge < -0.3 is 9.47 Å². The van der Waals surface area contributed by atoms with E-state index < -0.39 is 10.1 Å². The minimum absolute atomic E-state index is 0.0136. The van der Waals surface area contributed by atoms with Crippen LogP contribution in [0.2, 0.25) is 0 Å². The van der Waals surface area contributed by atoms with E-state index in [9.17, 15) is 8.42 Å². The molecule has 1 saturated heterocycles. The van der Waals surface area contributed by atoms with Crippen LogP contribution in [0.5, 0.6) is 0 Å². The number of methoxy groups -OCH3 is 1. The van der Waals surface area contributed by atoms with E-state index in [4.69, 9.17) is 9.47 Å². The zero-order chi connectivity index (χ0) is 9.90. The van der Waals surface area contributed by atoms with E-state index >= 15 is 0 Å². The van der Waals surface area contributed by atoms with Crippen molar-refractivity contribution in [2.45, 2.75) is 6.10 Å². The van der Waals surface area contributed by atoms with Crippen molar-refractivity contribution in [3.8, 4) is 0 Å². The topological polar surface area (TPSA) is 65.1 Å². The van der Waals surface area contributed by atoms with E-state index in [1.807, 2.05) is 0 Å². The van der Waals surface area contributed by atoms with E-state index in [1.165, 1.54) is 0 Å². The van der Waals surface area contributed by atoms with Crippen LogP contribution in [-0.4, -0.2) is 47.7 Å². The monoisotopic (exact) mass is 210 g/mol. The number of hydrogen-bond acceptors (Lipinski definition) is 5. The third-order valence-electron chi connectivity index (χ3n) is 1.76. The largest absolute Gasteiger partial charge is 0.384 e. The summed E-state index contributed by atoms with van der Waals surface area (Å²) in [5, 5.41) is 0.